The zero-order chi connectivity index (χ0) is 13.0. The van der Waals surface area contributed by atoms with Crippen LogP contribution in [0, 0.1) is 18.2 Å². The third kappa shape index (κ3) is 3.24. The van der Waals surface area contributed by atoms with Crippen LogP contribution in [0.4, 0.5) is 4.39 Å². The highest BCUT2D eigenvalue weighted by molar-refractivity contribution is 6.18. The lowest BCUT2D eigenvalue weighted by Gasteiger charge is -2.26. The van der Waals surface area contributed by atoms with Crippen LogP contribution in [0.3, 0.4) is 0 Å². The highest BCUT2D eigenvalue weighted by atomic mass is 35.5. The summed E-state index contributed by atoms with van der Waals surface area (Å²) >= 11 is 6.11. The van der Waals surface area contributed by atoms with Gasteiger partial charge in [0.2, 0.25) is 0 Å². The summed E-state index contributed by atoms with van der Waals surface area (Å²) < 4.78 is 13.0. The normalized spacial score (nSPS) is 18.2. The minimum atomic E-state index is -0.163. The van der Waals surface area contributed by atoms with Crippen molar-refractivity contribution in [1.82, 2.24) is 5.32 Å². The Hall–Kier alpha value is -0.600. The Kier molecular flexibility index (Phi) is 4.63. The summed E-state index contributed by atoms with van der Waals surface area (Å²) in [6, 6.07) is 4.97. The summed E-state index contributed by atoms with van der Waals surface area (Å²) in [4.78, 5) is 0. The average molecular weight is 270 g/mol. The standard InChI is InChI=1S/C15H21ClFN/c1-12-8-14(17)5-4-13(12)9-18-11-15(10-16)6-2-3-7-15/h4-5,8,18H,2-3,6-7,9-11H2,1H3. The van der Waals surface area contributed by atoms with Crippen LogP contribution in [0.25, 0.3) is 0 Å². The van der Waals surface area contributed by atoms with E-state index in [0.29, 0.717) is 0 Å². The van der Waals surface area contributed by atoms with Gasteiger partial charge in [-0.3, -0.25) is 0 Å². The number of hydrogen-bond acceptors (Lipinski definition) is 1. The Bertz CT molecular complexity index is 399. The maximum atomic E-state index is 13.0. The molecular weight excluding hydrogens is 249 g/mol. The number of hydrogen-bond donors (Lipinski definition) is 1. The van der Waals surface area contributed by atoms with E-state index in [2.05, 4.69) is 5.32 Å². The molecule has 1 N–H and O–H groups in total. The van der Waals surface area contributed by atoms with Gasteiger partial charge in [0.25, 0.3) is 0 Å². The van der Waals surface area contributed by atoms with Gasteiger partial charge in [0.15, 0.2) is 0 Å². The van der Waals surface area contributed by atoms with Crippen LogP contribution in [0.15, 0.2) is 18.2 Å². The van der Waals surface area contributed by atoms with Gasteiger partial charge in [0.1, 0.15) is 5.82 Å². The van der Waals surface area contributed by atoms with Crippen LogP contribution in [0.2, 0.25) is 0 Å². The van der Waals surface area contributed by atoms with E-state index in [1.807, 2.05) is 13.0 Å². The van der Waals surface area contributed by atoms with Gasteiger partial charge in [-0.15, -0.1) is 11.6 Å². The molecule has 1 nitrogen and oxygen atoms in total. The lowest BCUT2D eigenvalue weighted by Crippen LogP contribution is -2.33. The van der Waals surface area contributed by atoms with Crippen LogP contribution in [0.1, 0.15) is 36.8 Å². The average Bonchev–Trinajstić information content (AvgIpc) is 2.81. The summed E-state index contributed by atoms with van der Waals surface area (Å²) in [5.74, 6) is 0.576. The minimum absolute atomic E-state index is 0.163. The molecule has 1 aromatic carbocycles. The van der Waals surface area contributed by atoms with E-state index in [-0.39, 0.29) is 11.2 Å². The van der Waals surface area contributed by atoms with Crippen molar-refractivity contribution in [3.63, 3.8) is 0 Å². The van der Waals surface area contributed by atoms with E-state index in [9.17, 15) is 4.39 Å². The molecule has 0 saturated heterocycles. The fourth-order valence-corrected chi connectivity index (χ4v) is 3.16. The van der Waals surface area contributed by atoms with Gasteiger partial charge in [0.05, 0.1) is 0 Å². The first-order valence-corrected chi connectivity index (χ1v) is 7.20. The van der Waals surface area contributed by atoms with Gasteiger partial charge in [0, 0.05) is 19.0 Å². The molecule has 0 aromatic heterocycles. The Labute approximate surface area is 114 Å². The molecule has 0 heterocycles. The predicted molar refractivity (Wildman–Crippen MR) is 74.5 cm³/mol. The maximum absolute atomic E-state index is 13.0. The van der Waals surface area contributed by atoms with Crippen LogP contribution in [-0.2, 0) is 6.54 Å². The molecule has 1 saturated carbocycles. The van der Waals surface area contributed by atoms with Crippen molar-refractivity contribution >= 4 is 11.6 Å². The second kappa shape index (κ2) is 6.03. The molecule has 0 unspecified atom stereocenters. The molecule has 0 radical (unpaired) electrons. The highest BCUT2D eigenvalue weighted by Gasteiger charge is 2.32. The van der Waals surface area contributed by atoms with E-state index in [1.165, 1.54) is 37.3 Å². The quantitative estimate of drug-likeness (QED) is 0.796. The number of halogens is 2. The molecule has 1 aliphatic rings. The van der Waals surface area contributed by atoms with E-state index >= 15 is 0 Å². The summed E-state index contributed by atoms with van der Waals surface area (Å²) in [6.07, 6.45) is 5.05. The van der Waals surface area contributed by atoms with Crippen LogP contribution >= 0.6 is 11.6 Å². The van der Waals surface area contributed by atoms with Crippen molar-refractivity contribution in [2.24, 2.45) is 5.41 Å². The number of rotatable bonds is 5. The van der Waals surface area contributed by atoms with Crippen molar-refractivity contribution in [3.05, 3.63) is 35.1 Å². The van der Waals surface area contributed by atoms with Gasteiger partial charge in [-0.1, -0.05) is 18.9 Å². The van der Waals surface area contributed by atoms with Gasteiger partial charge in [-0.25, -0.2) is 4.39 Å². The molecule has 0 amide bonds. The summed E-state index contributed by atoms with van der Waals surface area (Å²) in [7, 11) is 0. The Morgan fingerprint density at radius 1 is 1.33 bits per heavy atom. The molecule has 3 heteroatoms. The van der Waals surface area contributed by atoms with Gasteiger partial charge < -0.3 is 5.32 Å². The Morgan fingerprint density at radius 3 is 2.67 bits per heavy atom. The molecule has 0 aliphatic heterocycles. The fraction of sp³-hybridized carbons (Fsp3) is 0.600. The van der Waals surface area contributed by atoms with Gasteiger partial charge in [-0.05, 0) is 48.4 Å². The van der Waals surface area contributed by atoms with E-state index in [0.717, 1.165) is 24.5 Å². The molecule has 0 bridgehead atoms. The monoisotopic (exact) mass is 269 g/mol. The number of nitrogens with one attached hydrogen (secondary N) is 1. The van der Waals surface area contributed by atoms with Gasteiger partial charge in [-0.2, -0.15) is 0 Å². The topological polar surface area (TPSA) is 12.0 Å². The zero-order valence-corrected chi connectivity index (χ0v) is 11.7. The first kappa shape index (κ1) is 13.8. The fourth-order valence-electron chi connectivity index (χ4n) is 2.80. The largest absolute Gasteiger partial charge is 0.312 e. The van der Waals surface area contributed by atoms with Crippen molar-refractivity contribution in [2.45, 2.75) is 39.2 Å². The van der Waals surface area contributed by atoms with Crippen molar-refractivity contribution < 1.29 is 4.39 Å². The predicted octanol–water partition coefficient (Wildman–Crippen LogP) is 4.02. The second-order valence-electron chi connectivity index (χ2n) is 5.52. The van der Waals surface area contributed by atoms with E-state index in [4.69, 9.17) is 11.6 Å². The number of benzene rings is 1. The van der Waals surface area contributed by atoms with Crippen molar-refractivity contribution in [3.8, 4) is 0 Å². The second-order valence-corrected chi connectivity index (χ2v) is 5.78. The molecular formula is C15H21ClFN. The van der Waals surface area contributed by atoms with Crippen LogP contribution in [-0.4, -0.2) is 12.4 Å². The first-order chi connectivity index (χ1) is 8.65. The van der Waals surface area contributed by atoms with Crippen LogP contribution in [0.5, 0.6) is 0 Å². The van der Waals surface area contributed by atoms with E-state index < -0.39 is 0 Å². The number of alkyl halides is 1. The SMILES string of the molecule is Cc1cc(F)ccc1CNCC1(CCl)CCCC1. The molecule has 1 aliphatic carbocycles. The third-order valence-corrected chi connectivity index (χ3v) is 4.63. The van der Waals surface area contributed by atoms with Gasteiger partial charge >= 0.3 is 0 Å². The molecule has 2 rings (SSSR count). The molecule has 1 fully saturated rings. The highest BCUT2D eigenvalue weighted by Crippen LogP contribution is 2.38. The van der Waals surface area contributed by atoms with Crippen molar-refractivity contribution in [2.75, 3.05) is 12.4 Å². The number of aryl methyl sites for hydroxylation is 1. The summed E-state index contributed by atoms with van der Waals surface area (Å²) in [5.41, 5.74) is 2.46. The lowest BCUT2D eigenvalue weighted by molar-refractivity contribution is 0.320. The van der Waals surface area contributed by atoms with Crippen LogP contribution < -0.4 is 5.32 Å². The maximum Gasteiger partial charge on any atom is 0.123 e. The zero-order valence-electron chi connectivity index (χ0n) is 10.9. The molecule has 100 valence electrons. The molecule has 1 aromatic rings. The first-order valence-electron chi connectivity index (χ1n) is 6.67. The van der Waals surface area contributed by atoms with Crippen molar-refractivity contribution in [1.29, 1.82) is 0 Å². The molecule has 0 atom stereocenters. The molecule has 0 spiro atoms. The smallest absolute Gasteiger partial charge is 0.123 e. The Morgan fingerprint density at radius 2 is 2.06 bits per heavy atom. The molecule has 18 heavy (non-hydrogen) atoms. The summed E-state index contributed by atoms with van der Waals surface area (Å²) in [6.45, 7) is 3.71. The summed E-state index contributed by atoms with van der Waals surface area (Å²) in [5, 5.41) is 3.49. The third-order valence-electron chi connectivity index (χ3n) is 4.07. The lowest BCUT2D eigenvalue weighted by atomic mass is 9.88. The minimum Gasteiger partial charge on any atom is -0.312 e. The van der Waals surface area contributed by atoms with E-state index in [1.54, 1.807) is 6.07 Å². The Balaban J connectivity index is 1.88.